The van der Waals surface area contributed by atoms with Gasteiger partial charge in [-0.2, -0.15) is 0 Å². The maximum Gasteiger partial charge on any atom is 0.307 e. The number of carbonyl (C=O) groups is 1. The molecule has 0 saturated carbocycles. The van der Waals surface area contributed by atoms with Gasteiger partial charge in [0.1, 0.15) is 24.1 Å². The number of hydrogen-bond acceptors (Lipinski definition) is 7. The average Bonchev–Trinajstić information content (AvgIpc) is 3.25. The Balaban J connectivity index is 1.88. The fourth-order valence-corrected chi connectivity index (χ4v) is 3.91. The van der Waals surface area contributed by atoms with E-state index >= 15 is 0 Å². The first-order valence-corrected chi connectivity index (χ1v) is 9.61. The highest BCUT2D eigenvalue weighted by Gasteiger charge is 2.57. The zero-order valence-corrected chi connectivity index (χ0v) is 16.7. The van der Waals surface area contributed by atoms with E-state index in [2.05, 4.69) is 11.9 Å². The van der Waals surface area contributed by atoms with Crippen LogP contribution in [0.1, 0.15) is 52.4 Å². The molecule has 0 radical (unpaired) electrons. The lowest BCUT2D eigenvalue weighted by atomic mass is 10.00. The second-order valence-corrected chi connectivity index (χ2v) is 7.35. The van der Waals surface area contributed by atoms with Gasteiger partial charge in [-0.3, -0.25) is 4.79 Å². The van der Waals surface area contributed by atoms with Gasteiger partial charge >= 0.3 is 5.97 Å². The summed E-state index contributed by atoms with van der Waals surface area (Å²) in [5.41, 5.74) is 0. The SMILES string of the molecule is CCCc1nccn1C(CC(=O)OCC)[C@H]1O[C@@H]2OC(C)(C)O[C@@H]2[C@H]1OC. The number of rotatable bonds is 8. The maximum absolute atomic E-state index is 12.3. The van der Waals surface area contributed by atoms with Crippen molar-refractivity contribution in [3.05, 3.63) is 18.2 Å². The number of carbonyl (C=O) groups excluding carboxylic acids is 1. The van der Waals surface area contributed by atoms with Crippen LogP contribution in [0, 0.1) is 0 Å². The fourth-order valence-electron chi connectivity index (χ4n) is 3.91. The third kappa shape index (κ3) is 4.18. The maximum atomic E-state index is 12.3. The Morgan fingerprint density at radius 2 is 2.15 bits per heavy atom. The molecule has 8 nitrogen and oxygen atoms in total. The molecule has 0 spiro atoms. The first-order chi connectivity index (χ1) is 12.9. The van der Waals surface area contributed by atoms with Gasteiger partial charge in [0.15, 0.2) is 12.1 Å². The fraction of sp³-hybridized carbons (Fsp3) is 0.789. The molecule has 2 saturated heterocycles. The van der Waals surface area contributed by atoms with Gasteiger partial charge in [0.05, 0.1) is 19.1 Å². The molecule has 2 aliphatic rings. The molecule has 1 unspecified atom stereocenters. The number of aromatic nitrogens is 2. The number of hydrogen-bond donors (Lipinski definition) is 0. The minimum Gasteiger partial charge on any atom is -0.466 e. The molecular formula is C19H30N2O6. The molecule has 3 heterocycles. The molecule has 0 aromatic carbocycles. The summed E-state index contributed by atoms with van der Waals surface area (Å²) in [5.74, 6) is -0.100. The van der Waals surface area contributed by atoms with Crippen molar-refractivity contribution in [2.24, 2.45) is 0 Å². The standard InChI is InChI=1S/C19H30N2O6/c1-6-8-13-20-9-10-21(13)12(11-14(22)24-7-2)15-16(23-5)17-18(25-15)27-19(3,4)26-17/h9-10,12,15-18H,6-8,11H2,1-5H3/t12?,15-,16+,17-,18-/m1/s1. The monoisotopic (exact) mass is 382 g/mol. The summed E-state index contributed by atoms with van der Waals surface area (Å²) in [6.07, 6.45) is 3.88. The lowest BCUT2D eigenvalue weighted by Gasteiger charge is -2.31. The van der Waals surface area contributed by atoms with E-state index in [0.717, 1.165) is 18.7 Å². The molecule has 0 N–H and O–H groups in total. The largest absolute Gasteiger partial charge is 0.466 e. The molecule has 0 aliphatic carbocycles. The predicted molar refractivity (Wildman–Crippen MR) is 96.0 cm³/mol. The summed E-state index contributed by atoms with van der Waals surface area (Å²) < 4.78 is 31.0. The van der Waals surface area contributed by atoms with Crippen molar-refractivity contribution in [1.29, 1.82) is 0 Å². The Labute approximate surface area is 160 Å². The lowest BCUT2D eigenvalue weighted by molar-refractivity contribution is -0.222. The van der Waals surface area contributed by atoms with Crippen LogP contribution in [0.15, 0.2) is 12.4 Å². The van der Waals surface area contributed by atoms with Crippen LogP contribution in [0.4, 0.5) is 0 Å². The normalized spacial score (nSPS) is 30.3. The van der Waals surface area contributed by atoms with Crippen LogP contribution in [0.25, 0.3) is 0 Å². The number of aryl methyl sites for hydroxylation is 1. The lowest BCUT2D eigenvalue weighted by Crippen LogP contribution is -2.41. The van der Waals surface area contributed by atoms with E-state index in [-0.39, 0.29) is 30.6 Å². The van der Waals surface area contributed by atoms with E-state index in [9.17, 15) is 4.79 Å². The third-order valence-electron chi connectivity index (χ3n) is 4.94. The van der Waals surface area contributed by atoms with E-state index < -0.39 is 18.2 Å². The molecule has 5 atom stereocenters. The molecule has 3 rings (SSSR count). The zero-order chi connectivity index (χ0) is 19.6. The number of ether oxygens (including phenoxy) is 5. The molecule has 1 aromatic heterocycles. The summed E-state index contributed by atoms with van der Waals surface area (Å²) >= 11 is 0. The quantitative estimate of drug-likeness (QED) is 0.638. The topological polar surface area (TPSA) is 81.0 Å². The van der Waals surface area contributed by atoms with Crippen LogP contribution in [-0.4, -0.2) is 59.6 Å². The Morgan fingerprint density at radius 3 is 2.81 bits per heavy atom. The van der Waals surface area contributed by atoms with E-state index in [4.69, 9.17) is 23.7 Å². The average molecular weight is 382 g/mol. The van der Waals surface area contributed by atoms with Crippen molar-refractivity contribution in [2.45, 2.75) is 83.4 Å². The van der Waals surface area contributed by atoms with Gasteiger partial charge in [-0.05, 0) is 27.2 Å². The summed E-state index contributed by atoms with van der Waals surface area (Å²) in [7, 11) is 1.63. The van der Waals surface area contributed by atoms with Crippen molar-refractivity contribution in [3.8, 4) is 0 Å². The highest BCUT2D eigenvalue weighted by Crippen LogP contribution is 2.42. The van der Waals surface area contributed by atoms with Gasteiger partial charge < -0.3 is 28.3 Å². The highest BCUT2D eigenvalue weighted by molar-refractivity contribution is 5.70. The van der Waals surface area contributed by atoms with Crippen LogP contribution < -0.4 is 0 Å². The number of esters is 1. The van der Waals surface area contributed by atoms with E-state index in [1.807, 2.05) is 24.6 Å². The van der Waals surface area contributed by atoms with Gasteiger partial charge in [-0.25, -0.2) is 4.98 Å². The number of imidazole rings is 1. The minimum atomic E-state index is -0.726. The van der Waals surface area contributed by atoms with Gasteiger partial charge in [-0.1, -0.05) is 6.92 Å². The van der Waals surface area contributed by atoms with Crippen LogP contribution in [0.5, 0.6) is 0 Å². The Kier molecular flexibility index (Phi) is 6.20. The van der Waals surface area contributed by atoms with Crippen LogP contribution in [0.3, 0.4) is 0 Å². The second-order valence-electron chi connectivity index (χ2n) is 7.35. The molecule has 2 fully saturated rings. The van der Waals surface area contributed by atoms with Gasteiger partial charge in [0.2, 0.25) is 0 Å². The van der Waals surface area contributed by atoms with E-state index in [0.29, 0.717) is 6.61 Å². The molecule has 8 heteroatoms. The van der Waals surface area contributed by atoms with Crippen molar-refractivity contribution in [2.75, 3.05) is 13.7 Å². The van der Waals surface area contributed by atoms with Crippen LogP contribution in [0.2, 0.25) is 0 Å². The van der Waals surface area contributed by atoms with Crippen molar-refractivity contribution >= 4 is 5.97 Å². The number of nitrogens with zero attached hydrogens (tertiary/aromatic N) is 2. The molecule has 1 aromatic rings. The predicted octanol–water partition coefficient (Wildman–Crippen LogP) is 2.22. The minimum absolute atomic E-state index is 0.161. The Hall–Kier alpha value is -1.48. The Morgan fingerprint density at radius 1 is 1.37 bits per heavy atom. The molecule has 152 valence electrons. The van der Waals surface area contributed by atoms with Gasteiger partial charge in [-0.15, -0.1) is 0 Å². The molecule has 27 heavy (non-hydrogen) atoms. The second kappa shape index (κ2) is 8.26. The molecule has 0 amide bonds. The summed E-state index contributed by atoms with van der Waals surface area (Å²) in [6.45, 7) is 7.92. The molecule has 0 bridgehead atoms. The smallest absolute Gasteiger partial charge is 0.307 e. The summed E-state index contributed by atoms with van der Waals surface area (Å²) in [6, 6.07) is -0.320. The van der Waals surface area contributed by atoms with Crippen LogP contribution >= 0.6 is 0 Å². The third-order valence-corrected chi connectivity index (χ3v) is 4.94. The van der Waals surface area contributed by atoms with Gasteiger partial charge in [0.25, 0.3) is 0 Å². The van der Waals surface area contributed by atoms with Crippen molar-refractivity contribution in [3.63, 3.8) is 0 Å². The summed E-state index contributed by atoms with van der Waals surface area (Å²) in [5, 5.41) is 0. The molecule has 2 aliphatic heterocycles. The van der Waals surface area contributed by atoms with Crippen LogP contribution in [-0.2, 0) is 34.9 Å². The summed E-state index contributed by atoms with van der Waals surface area (Å²) in [4.78, 5) is 16.8. The van der Waals surface area contributed by atoms with Gasteiger partial charge in [0, 0.05) is 25.9 Å². The first kappa shape index (κ1) is 20.3. The first-order valence-electron chi connectivity index (χ1n) is 9.61. The highest BCUT2D eigenvalue weighted by atomic mass is 16.8. The van der Waals surface area contributed by atoms with Crippen molar-refractivity contribution in [1.82, 2.24) is 9.55 Å². The molecular weight excluding hydrogens is 352 g/mol. The number of fused-ring (bicyclic) bond motifs is 1. The Bertz CT molecular complexity index is 646. The number of methoxy groups -OCH3 is 1. The zero-order valence-electron chi connectivity index (χ0n) is 16.7. The van der Waals surface area contributed by atoms with E-state index in [1.54, 1.807) is 20.2 Å². The van der Waals surface area contributed by atoms with E-state index in [1.165, 1.54) is 0 Å². The van der Waals surface area contributed by atoms with Crippen molar-refractivity contribution < 1.29 is 28.5 Å².